The second kappa shape index (κ2) is 4.83. The molecule has 2 rings (SSSR count). The van der Waals surface area contributed by atoms with Crippen molar-refractivity contribution in [3.63, 3.8) is 0 Å². The van der Waals surface area contributed by atoms with Gasteiger partial charge in [-0.1, -0.05) is 6.08 Å². The maximum atomic E-state index is 11.2. The maximum Gasteiger partial charge on any atom is 0.301 e. The molecule has 0 aliphatic heterocycles. The van der Waals surface area contributed by atoms with Gasteiger partial charge in [0, 0.05) is 12.2 Å². The molecule has 0 saturated carbocycles. The molecule has 0 aliphatic rings. The fourth-order valence-corrected chi connectivity index (χ4v) is 1.75. The van der Waals surface area contributed by atoms with Crippen molar-refractivity contribution in [1.29, 1.82) is 0 Å². The fraction of sp³-hybridized carbons (Fsp3) is 0.154. The summed E-state index contributed by atoms with van der Waals surface area (Å²) in [6, 6.07) is 6.78. The van der Waals surface area contributed by atoms with Gasteiger partial charge in [0.05, 0.1) is 15.8 Å². The molecule has 5 heteroatoms. The van der Waals surface area contributed by atoms with E-state index in [0.717, 1.165) is 0 Å². The number of nitrogens with one attached hydrogen (secondary N) is 1. The molecule has 5 nitrogen and oxygen atoms in total. The predicted octanol–water partition coefficient (Wildman–Crippen LogP) is 3.13. The van der Waals surface area contributed by atoms with Crippen LogP contribution in [0.1, 0.15) is 6.92 Å². The number of nitro benzene ring substituents is 1. The Morgan fingerprint density at radius 3 is 2.94 bits per heavy atom. The predicted molar refractivity (Wildman–Crippen MR) is 71.7 cm³/mol. The Morgan fingerprint density at radius 2 is 2.28 bits per heavy atom. The van der Waals surface area contributed by atoms with Crippen molar-refractivity contribution in [3.05, 3.63) is 53.2 Å². The summed E-state index contributed by atoms with van der Waals surface area (Å²) in [5.74, 6) is 0. The average molecular weight is 243 g/mol. The van der Waals surface area contributed by atoms with Crippen molar-refractivity contribution in [2.45, 2.75) is 13.0 Å². The molecule has 1 aromatic heterocycles. The highest BCUT2D eigenvalue weighted by atomic mass is 16.6. The van der Waals surface area contributed by atoms with Crippen molar-refractivity contribution in [3.8, 4) is 0 Å². The largest absolute Gasteiger partial charge is 0.374 e. The van der Waals surface area contributed by atoms with Crippen molar-refractivity contribution < 1.29 is 4.92 Å². The Labute approximate surface area is 104 Å². The molecule has 0 fully saturated rings. The van der Waals surface area contributed by atoms with Crippen molar-refractivity contribution in [2.75, 3.05) is 5.32 Å². The summed E-state index contributed by atoms with van der Waals surface area (Å²) in [6.45, 7) is 5.53. The van der Waals surface area contributed by atoms with E-state index in [1.54, 1.807) is 36.5 Å². The summed E-state index contributed by atoms with van der Waals surface area (Å²) in [6.07, 6.45) is 3.31. The van der Waals surface area contributed by atoms with E-state index in [4.69, 9.17) is 0 Å². The molecule has 0 radical (unpaired) electrons. The molecule has 2 aromatic rings. The molecule has 0 bridgehead atoms. The van der Waals surface area contributed by atoms with E-state index in [2.05, 4.69) is 16.9 Å². The smallest absolute Gasteiger partial charge is 0.301 e. The fourth-order valence-electron chi connectivity index (χ4n) is 1.75. The summed E-state index contributed by atoms with van der Waals surface area (Å²) in [5.41, 5.74) is 1.14. The third kappa shape index (κ3) is 2.15. The number of nitro groups is 1. The Morgan fingerprint density at radius 1 is 1.50 bits per heavy atom. The third-order valence-corrected chi connectivity index (χ3v) is 2.68. The highest BCUT2D eigenvalue weighted by Crippen LogP contribution is 2.32. The van der Waals surface area contributed by atoms with Crippen LogP contribution in [0, 0.1) is 10.1 Å². The van der Waals surface area contributed by atoms with Gasteiger partial charge in [0.15, 0.2) is 0 Å². The van der Waals surface area contributed by atoms with Crippen LogP contribution in [0.25, 0.3) is 10.9 Å². The maximum absolute atomic E-state index is 11.2. The SMILES string of the molecule is C=CC(C)Nc1ccc2ncccc2c1[N+](=O)[O-]. The zero-order chi connectivity index (χ0) is 13.1. The number of nitrogens with zero attached hydrogens (tertiary/aromatic N) is 2. The highest BCUT2D eigenvalue weighted by Gasteiger charge is 2.19. The van der Waals surface area contributed by atoms with E-state index >= 15 is 0 Å². The second-order valence-electron chi connectivity index (χ2n) is 3.96. The molecule has 1 heterocycles. The molecule has 0 saturated heterocycles. The van der Waals surface area contributed by atoms with E-state index in [1.165, 1.54) is 0 Å². The van der Waals surface area contributed by atoms with Gasteiger partial charge in [-0.25, -0.2) is 0 Å². The quantitative estimate of drug-likeness (QED) is 0.509. The molecule has 0 amide bonds. The molecule has 1 unspecified atom stereocenters. The summed E-state index contributed by atoms with van der Waals surface area (Å²) in [7, 11) is 0. The van der Waals surface area contributed by atoms with Crippen molar-refractivity contribution in [1.82, 2.24) is 4.98 Å². The molecule has 92 valence electrons. The van der Waals surface area contributed by atoms with Crippen LogP contribution in [-0.2, 0) is 0 Å². The number of hydrogen-bond donors (Lipinski definition) is 1. The van der Waals surface area contributed by atoms with Crippen LogP contribution in [-0.4, -0.2) is 15.9 Å². The Balaban J connectivity index is 2.63. The van der Waals surface area contributed by atoms with Gasteiger partial charge in [0.1, 0.15) is 5.69 Å². The van der Waals surface area contributed by atoms with E-state index < -0.39 is 0 Å². The third-order valence-electron chi connectivity index (χ3n) is 2.68. The number of hydrogen-bond acceptors (Lipinski definition) is 4. The summed E-state index contributed by atoms with van der Waals surface area (Å²) >= 11 is 0. The van der Waals surface area contributed by atoms with E-state index in [-0.39, 0.29) is 16.7 Å². The number of aromatic nitrogens is 1. The Bertz CT molecular complexity index is 610. The number of pyridine rings is 1. The van der Waals surface area contributed by atoms with E-state index in [1.807, 2.05) is 6.92 Å². The van der Waals surface area contributed by atoms with Crippen LogP contribution in [0.2, 0.25) is 0 Å². The van der Waals surface area contributed by atoms with Crippen LogP contribution in [0.15, 0.2) is 43.1 Å². The average Bonchev–Trinajstić information content (AvgIpc) is 2.37. The molecule has 1 aromatic carbocycles. The highest BCUT2D eigenvalue weighted by molar-refractivity contribution is 5.94. The number of anilines is 1. The number of benzene rings is 1. The van der Waals surface area contributed by atoms with E-state index in [0.29, 0.717) is 16.6 Å². The van der Waals surface area contributed by atoms with Crippen molar-refractivity contribution >= 4 is 22.3 Å². The first-order valence-corrected chi connectivity index (χ1v) is 5.54. The Hall–Kier alpha value is -2.43. The Kier molecular flexibility index (Phi) is 3.23. The lowest BCUT2D eigenvalue weighted by Crippen LogP contribution is -2.12. The molecule has 1 atom stereocenters. The molecule has 0 aliphatic carbocycles. The van der Waals surface area contributed by atoms with Crippen molar-refractivity contribution in [2.24, 2.45) is 0 Å². The summed E-state index contributed by atoms with van der Waals surface area (Å²) in [4.78, 5) is 14.9. The van der Waals surface area contributed by atoms with Gasteiger partial charge >= 0.3 is 5.69 Å². The summed E-state index contributed by atoms with van der Waals surface area (Å²) < 4.78 is 0. The monoisotopic (exact) mass is 243 g/mol. The van der Waals surface area contributed by atoms with E-state index in [9.17, 15) is 10.1 Å². The van der Waals surface area contributed by atoms with Crippen LogP contribution < -0.4 is 5.32 Å². The standard InChI is InChI=1S/C13H13N3O2/c1-3-9(2)15-12-7-6-11-10(5-4-8-14-11)13(12)16(17)18/h3-9,15H,1H2,2H3. The first-order chi connectivity index (χ1) is 8.63. The molecular weight excluding hydrogens is 230 g/mol. The van der Waals surface area contributed by atoms with Crippen LogP contribution in [0.3, 0.4) is 0 Å². The van der Waals surface area contributed by atoms with Crippen LogP contribution >= 0.6 is 0 Å². The normalized spacial score (nSPS) is 12.1. The number of rotatable bonds is 4. The minimum atomic E-state index is -0.387. The lowest BCUT2D eigenvalue weighted by atomic mass is 10.1. The minimum Gasteiger partial charge on any atom is -0.374 e. The van der Waals surface area contributed by atoms with Crippen LogP contribution in [0.5, 0.6) is 0 Å². The van der Waals surface area contributed by atoms with Gasteiger partial charge in [-0.3, -0.25) is 15.1 Å². The minimum absolute atomic E-state index is 0.0437. The van der Waals surface area contributed by atoms with Gasteiger partial charge in [0.25, 0.3) is 0 Å². The molecule has 1 N–H and O–H groups in total. The van der Waals surface area contributed by atoms with Gasteiger partial charge < -0.3 is 5.32 Å². The lowest BCUT2D eigenvalue weighted by molar-refractivity contribution is -0.382. The zero-order valence-electron chi connectivity index (χ0n) is 9.96. The summed E-state index contributed by atoms with van der Waals surface area (Å²) in [5, 5.41) is 14.8. The van der Waals surface area contributed by atoms with Gasteiger partial charge in [-0.2, -0.15) is 0 Å². The second-order valence-corrected chi connectivity index (χ2v) is 3.96. The van der Waals surface area contributed by atoms with Gasteiger partial charge in [-0.05, 0) is 31.2 Å². The number of fused-ring (bicyclic) bond motifs is 1. The van der Waals surface area contributed by atoms with Gasteiger partial charge in [0.2, 0.25) is 0 Å². The topological polar surface area (TPSA) is 68.1 Å². The first-order valence-electron chi connectivity index (χ1n) is 5.54. The molecule has 18 heavy (non-hydrogen) atoms. The first kappa shape index (κ1) is 12.0. The lowest BCUT2D eigenvalue weighted by Gasteiger charge is -2.12. The molecular formula is C13H13N3O2. The van der Waals surface area contributed by atoms with Gasteiger partial charge in [-0.15, -0.1) is 6.58 Å². The zero-order valence-corrected chi connectivity index (χ0v) is 9.96. The van der Waals surface area contributed by atoms with Crippen LogP contribution in [0.4, 0.5) is 11.4 Å². The molecule has 0 spiro atoms.